The Morgan fingerprint density at radius 1 is 0.889 bits per heavy atom. The SMILES string of the molecule is CC(=O)O[C@@H]1[C@H](OS(=O)(=O)C(F)(F)F)[C@@H](OCc2ccccc2)[C@@H](Oc2ccc([N+](=O)[O-])cc2)O[C@@H]1COCc1ccccc1. The molecule has 1 heterocycles. The van der Waals surface area contributed by atoms with Crippen molar-refractivity contribution < 1.29 is 59.2 Å². The molecule has 0 unspecified atom stereocenters. The second-order valence-corrected chi connectivity index (χ2v) is 11.3. The Kier molecular flexibility index (Phi) is 11.1. The molecule has 0 radical (unpaired) electrons. The van der Waals surface area contributed by atoms with Gasteiger partial charge in [0.2, 0.25) is 6.29 Å². The molecule has 1 aliphatic heterocycles. The van der Waals surface area contributed by atoms with Gasteiger partial charge in [0, 0.05) is 19.1 Å². The number of hydrogen-bond acceptors (Lipinski definition) is 11. The number of nitro benzene ring substituents is 1. The highest BCUT2D eigenvalue weighted by Gasteiger charge is 2.57. The first-order valence-electron chi connectivity index (χ1n) is 13.3. The number of hydrogen-bond donors (Lipinski definition) is 0. The van der Waals surface area contributed by atoms with E-state index in [-0.39, 0.29) is 24.7 Å². The summed E-state index contributed by atoms with van der Waals surface area (Å²) in [6.45, 7) is 0.297. The lowest BCUT2D eigenvalue weighted by Crippen LogP contribution is -2.63. The zero-order valence-electron chi connectivity index (χ0n) is 23.6. The molecule has 0 aliphatic carbocycles. The molecule has 1 saturated heterocycles. The largest absolute Gasteiger partial charge is 0.523 e. The van der Waals surface area contributed by atoms with Crippen molar-refractivity contribution >= 4 is 21.8 Å². The number of carbonyl (C=O) groups excluding carboxylic acids is 1. The molecule has 0 amide bonds. The average Bonchev–Trinajstić information content (AvgIpc) is 2.99. The minimum Gasteiger partial charge on any atom is -0.462 e. The molecule has 1 aliphatic rings. The van der Waals surface area contributed by atoms with E-state index in [2.05, 4.69) is 0 Å². The van der Waals surface area contributed by atoms with E-state index in [0.717, 1.165) is 24.6 Å². The molecule has 45 heavy (non-hydrogen) atoms. The van der Waals surface area contributed by atoms with Crippen LogP contribution in [0.2, 0.25) is 0 Å². The number of carbonyl (C=O) groups is 1. The van der Waals surface area contributed by atoms with Crippen molar-refractivity contribution in [3.05, 3.63) is 106 Å². The van der Waals surface area contributed by atoms with E-state index in [1.165, 1.54) is 12.1 Å². The Morgan fingerprint density at radius 2 is 1.47 bits per heavy atom. The molecule has 0 spiro atoms. The van der Waals surface area contributed by atoms with Crippen LogP contribution in [0, 0.1) is 10.1 Å². The normalized spacial score (nSPS) is 22.0. The van der Waals surface area contributed by atoms with Crippen molar-refractivity contribution in [3.8, 4) is 5.75 Å². The standard InChI is InChI=1S/C29H28F3NO11S/c1-19(34)41-25-24(18-39-16-20-8-4-2-5-9-20)43-28(42-23-14-12-22(13-15-23)33(35)36)27(40-17-21-10-6-3-7-11-21)26(25)44-45(37,38)29(30,31)32/h2-15,24-28H,16-18H2,1H3/t24-,25+,26+,27-,28+/m1/s1. The number of benzene rings is 3. The molecule has 0 N–H and O–H groups in total. The van der Waals surface area contributed by atoms with Gasteiger partial charge >= 0.3 is 21.6 Å². The van der Waals surface area contributed by atoms with Crippen molar-refractivity contribution in [2.24, 2.45) is 0 Å². The van der Waals surface area contributed by atoms with Crippen LogP contribution in [-0.4, -0.2) is 62.1 Å². The Morgan fingerprint density at radius 3 is 2.00 bits per heavy atom. The van der Waals surface area contributed by atoms with E-state index < -0.39 is 63.8 Å². The van der Waals surface area contributed by atoms with Gasteiger partial charge in [-0.25, -0.2) is 0 Å². The Hall–Kier alpha value is -4.09. The van der Waals surface area contributed by atoms with Crippen LogP contribution in [0.15, 0.2) is 84.9 Å². The van der Waals surface area contributed by atoms with Crippen molar-refractivity contribution in [2.45, 2.75) is 56.4 Å². The predicted octanol–water partition coefficient (Wildman–Crippen LogP) is 4.67. The van der Waals surface area contributed by atoms with Gasteiger partial charge in [0.1, 0.15) is 18.0 Å². The highest BCUT2D eigenvalue weighted by Crippen LogP contribution is 2.35. The first-order chi connectivity index (χ1) is 21.3. The lowest BCUT2D eigenvalue weighted by Gasteiger charge is -2.44. The van der Waals surface area contributed by atoms with E-state index >= 15 is 0 Å². The first-order valence-corrected chi connectivity index (χ1v) is 14.8. The summed E-state index contributed by atoms with van der Waals surface area (Å²) in [5, 5.41) is 11.1. The van der Waals surface area contributed by atoms with Crippen molar-refractivity contribution in [3.63, 3.8) is 0 Å². The molecule has 4 rings (SSSR count). The lowest BCUT2D eigenvalue weighted by atomic mass is 9.98. The number of ether oxygens (including phenoxy) is 5. The van der Waals surface area contributed by atoms with Crippen LogP contribution in [0.25, 0.3) is 0 Å². The van der Waals surface area contributed by atoms with Crippen molar-refractivity contribution in [2.75, 3.05) is 6.61 Å². The van der Waals surface area contributed by atoms with Crippen LogP contribution < -0.4 is 4.74 Å². The van der Waals surface area contributed by atoms with Crippen LogP contribution in [0.4, 0.5) is 18.9 Å². The molecular weight excluding hydrogens is 627 g/mol. The smallest absolute Gasteiger partial charge is 0.462 e. The monoisotopic (exact) mass is 655 g/mol. The second-order valence-electron chi connectivity index (χ2n) is 9.71. The molecule has 0 bridgehead atoms. The Balaban J connectivity index is 1.72. The van der Waals surface area contributed by atoms with Gasteiger partial charge in [0.15, 0.2) is 12.2 Å². The van der Waals surface area contributed by atoms with Gasteiger partial charge in [-0.2, -0.15) is 21.6 Å². The summed E-state index contributed by atoms with van der Waals surface area (Å²) >= 11 is 0. The van der Waals surface area contributed by atoms with E-state index in [1.807, 2.05) is 0 Å². The van der Waals surface area contributed by atoms with E-state index in [4.69, 9.17) is 27.9 Å². The summed E-state index contributed by atoms with van der Waals surface area (Å²) in [4.78, 5) is 22.6. The van der Waals surface area contributed by atoms with Gasteiger partial charge in [-0.05, 0) is 23.3 Å². The van der Waals surface area contributed by atoms with Gasteiger partial charge in [-0.3, -0.25) is 19.1 Å². The fourth-order valence-electron chi connectivity index (χ4n) is 4.34. The number of nitrogens with zero attached hydrogens (tertiary/aromatic N) is 1. The highest BCUT2D eigenvalue weighted by atomic mass is 32.2. The Bertz CT molecular complexity index is 1520. The molecule has 16 heteroatoms. The predicted molar refractivity (Wildman–Crippen MR) is 149 cm³/mol. The zero-order chi connectivity index (χ0) is 32.6. The molecule has 1 fully saturated rings. The maximum absolute atomic E-state index is 13.6. The number of halogens is 3. The van der Waals surface area contributed by atoms with Gasteiger partial charge in [0.25, 0.3) is 5.69 Å². The number of esters is 1. The quantitative estimate of drug-likeness (QED) is 0.0831. The molecule has 242 valence electrons. The average molecular weight is 656 g/mol. The van der Waals surface area contributed by atoms with Crippen molar-refractivity contribution in [1.29, 1.82) is 0 Å². The summed E-state index contributed by atoms with van der Waals surface area (Å²) < 4.78 is 98.8. The maximum Gasteiger partial charge on any atom is 0.523 e. The lowest BCUT2D eigenvalue weighted by molar-refractivity contribution is -0.384. The summed E-state index contributed by atoms with van der Waals surface area (Å²) in [6, 6.07) is 21.8. The highest BCUT2D eigenvalue weighted by molar-refractivity contribution is 7.87. The van der Waals surface area contributed by atoms with Crippen molar-refractivity contribution in [1.82, 2.24) is 0 Å². The summed E-state index contributed by atoms with van der Waals surface area (Å²) in [6.07, 6.45) is -8.79. The summed E-state index contributed by atoms with van der Waals surface area (Å²) in [5.74, 6) is -1.02. The van der Waals surface area contributed by atoms with Crippen LogP contribution in [0.1, 0.15) is 18.1 Å². The minimum atomic E-state index is -6.28. The molecule has 5 atom stereocenters. The third-order valence-corrected chi connectivity index (χ3v) is 7.44. The van der Waals surface area contributed by atoms with Crippen LogP contribution in [0.5, 0.6) is 5.75 Å². The Labute approximate surface area is 255 Å². The zero-order valence-corrected chi connectivity index (χ0v) is 24.4. The first kappa shape index (κ1) is 33.8. The fraction of sp³-hybridized carbons (Fsp3) is 0.345. The minimum absolute atomic E-state index is 0.0156. The molecule has 3 aromatic carbocycles. The number of alkyl halides is 3. The molecule has 3 aromatic rings. The molecular formula is C29H28F3NO11S. The third-order valence-electron chi connectivity index (χ3n) is 6.39. The number of rotatable bonds is 13. The molecule has 12 nitrogen and oxygen atoms in total. The van der Waals surface area contributed by atoms with Gasteiger partial charge in [0.05, 0.1) is 24.7 Å². The topological polar surface area (TPSA) is 150 Å². The maximum atomic E-state index is 13.6. The number of non-ortho nitro benzene ring substituents is 1. The summed E-state index contributed by atoms with van der Waals surface area (Å²) in [5.41, 5.74) is -4.85. The fourth-order valence-corrected chi connectivity index (χ4v) is 4.96. The third kappa shape index (κ3) is 9.21. The van der Waals surface area contributed by atoms with Gasteiger partial charge in [-0.1, -0.05) is 60.7 Å². The van der Waals surface area contributed by atoms with E-state index in [1.54, 1.807) is 60.7 Å². The van der Waals surface area contributed by atoms with Gasteiger partial charge < -0.3 is 23.7 Å². The number of nitro groups is 1. The molecule has 0 saturated carbocycles. The van der Waals surface area contributed by atoms with E-state index in [0.29, 0.717) is 5.56 Å². The van der Waals surface area contributed by atoms with Crippen LogP contribution in [0.3, 0.4) is 0 Å². The summed E-state index contributed by atoms with van der Waals surface area (Å²) in [7, 11) is -6.28. The second kappa shape index (κ2) is 14.8. The van der Waals surface area contributed by atoms with Crippen LogP contribution >= 0.6 is 0 Å². The van der Waals surface area contributed by atoms with Crippen LogP contribution in [-0.2, 0) is 51.3 Å². The molecule has 0 aromatic heterocycles. The van der Waals surface area contributed by atoms with E-state index in [9.17, 15) is 36.5 Å². The van der Waals surface area contributed by atoms with Gasteiger partial charge in [-0.15, -0.1) is 0 Å².